The van der Waals surface area contributed by atoms with Gasteiger partial charge in [-0.1, -0.05) is 33.8 Å². The molecule has 0 heterocycles. The zero-order valence-electron chi connectivity index (χ0n) is 10.1. The molecule has 88 valence electrons. The minimum Gasteiger partial charge on any atom is -0.512 e. The lowest BCUT2D eigenvalue weighted by atomic mass is 9.93. The summed E-state index contributed by atoms with van der Waals surface area (Å²) in [5.74, 6) is -0.308. The van der Waals surface area contributed by atoms with Crippen LogP contribution in [0.3, 0.4) is 0 Å². The number of rotatable bonds is 3. The molecule has 0 saturated carbocycles. The topological polar surface area (TPSA) is 57.5 Å². The van der Waals surface area contributed by atoms with Gasteiger partial charge in [0.15, 0.2) is 0 Å². The highest BCUT2D eigenvalue weighted by Gasteiger charge is 2.14. The van der Waals surface area contributed by atoms with Crippen LogP contribution >= 0.6 is 0 Å². The molecule has 0 rings (SSSR count). The van der Waals surface area contributed by atoms with Gasteiger partial charge in [-0.15, -0.1) is 6.58 Å². The lowest BCUT2D eigenvalue weighted by Crippen LogP contribution is -2.08. The second kappa shape index (κ2) is 8.09. The van der Waals surface area contributed by atoms with E-state index in [0.717, 1.165) is 6.42 Å². The third kappa shape index (κ3) is 12.8. The summed E-state index contributed by atoms with van der Waals surface area (Å²) < 4.78 is 0. The van der Waals surface area contributed by atoms with Gasteiger partial charge in [0.1, 0.15) is 0 Å². The van der Waals surface area contributed by atoms with Crippen molar-refractivity contribution in [2.75, 3.05) is 0 Å². The Balaban J connectivity index is 0. The number of aliphatic hydroxyl groups excluding tert-OH is 1. The first-order valence-electron chi connectivity index (χ1n) is 4.98. The van der Waals surface area contributed by atoms with Gasteiger partial charge in [-0.2, -0.15) is 0 Å². The molecule has 0 atom stereocenters. The van der Waals surface area contributed by atoms with Gasteiger partial charge in [0.25, 0.3) is 0 Å². The molecule has 0 amide bonds. The first kappa shape index (κ1) is 16.2. The molecule has 0 bridgehead atoms. The molecule has 15 heavy (non-hydrogen) atoms. The van der Waals surface area contributed by atoms with Crippen LogP contribution in [-0.2, 0) is 4.79 Å². The maximum absolute atomic E-state index is 9.37. The lowest BCUT2D eigenvalue weighted by Gasteiger charge is -2.16. The first-order chi connectivity index (χ1) is 6.75. The molecular weight excluding hydrogens is 192 g/mol. The van der Waals surface area contributed by atoms with E-state index < -0.39 is 5.97 Å². The minimum absolute atomic E-state index is 0.122. The predicted octanol–water partition coefficient (Wildman–Crippen LogP) is 3.53. The molecule has 0 aliphatic heterocycles. The molecule has 0 fully saturated rings. The number of carboxylic acids is 1. The highest BCUT2D eigenvalue weighted by atomic mass is 16.4. The molecule has 0 radical (unpaired) electrons. The van der Waals surface area contributed by atoms with Gasteiger partial charge in [0, 0.05) is 11.8 Å². The van der Waals surface area contributed by atoms with E-state index in [1.807, 2.05) is 20.8 Å². The Kier molecular flexibility index (Phi) is 8.73. The Morgan fingerprint density at radius 2 is 1.73 bits per heavy atom. The predicted molar refractivity (Wildman–Crippen MR) is 62.9 cm³/mol. The average Bonchev–Trinajstić information content (AvgIpc) is 2.13. The van der Waals surface area contributed by atoms with Crippen molar-refractivity contribution in [1.82, 2.24) is 0 Å². The van der Waals surface area contributed by atoms with E-state index in [1.54, 1.807) is 19.1 Å². The van der Waals surface area contributed by atoms with Crippen LogP contribution in [0.15, 0.2) is 24.5 Å². The summed E-state index contributed by atoms with van der Waals surface area (Å²) in [4.78, 5) is 9.37. The van der Waals surface area contributed by atoms with Crippen LogP contribution in [0.1, 0.15) is 40.5 Å². The number of carbonyl (C=O) groups is 1. The monoisotopic (exact) mass is 214 g/mol. The van der Waals surface area contributed by atoms with Crippen molar-refractivity contribution in [3.63, 3.8) is 0 Å². The van der Waals surface area contributed by atoms with Gasteiger partial charge in [0.2, 0.25) is 0 Å². The Labute approximate surface area is 92.1 Å². The third-order valence-corrected chi connectivity index (χ3v) is 1.55. The maximum Gasteiger partial charge on any atom is 0.303 e. The van der Waals surface area contributed by atoms with Crippen LogP contribution in [0.4, 0.5) is 0 Å². The van der Waals surface area contributed by atoms with E-state index in [-0.39, 0.29) is 11.8 Å². The number of allylic oxidation sites excluding steroid dienone is 3. The Morgan fingerprint density at radius 1 is 1.33 bits per heavy atom. The van der Waals surface area contributed by atoms with Gasteiger partial charge in [-0.25, -0.2) is 0 Å². The molecule has 0 aliphatic carbocycles. The summed E-state index contributed by atoms with van der Waals surface area (Å²) >= 11 is 0. The van der Waals surface area contributed by atoms with Crippen molar-refractivity contribution in [3.05, 3.63) is 24.5 Å². The van der Waals surface area contributed by atoms with Crippen molar-refractivity contribution in [2.45, 2.75) is 40.5 Å². The van der Waals surface area contributed by atoms with Gasteiger partial charge >= 0.3 is 5.97 Å². The number of aliphatic carboxylic acids is 1. The van der Waals surface area contributed by atoms with Crippen molar-refractivity contribution in [1.29, 1.82) is 0 Å². The quantitative estimate of drug-likeness (QED) is 0.558. The molecule has 0 saturated heterocycles. The lowest BCUT2D eigenvalue weighted by molar-refractivity contribution is -0.136. The van der Waals surface area contributed by atoms with Crippen LogP contribution < -0.4 is 0 Å². The van der Waals surface area contributed by atoms with Gasteiger partial charge < -0.3 is 10.2 Å². The van der Waals surface area contributed by atoms with E-state index >= 15 is 0 Å². The van der Waals surface area contributed by atoms with Gasteiger partial charge in [0.05, 0.1) is 5.76 Å². The van der Waals surface area contributed by atoms with Gasteiger partial charge in [-0.3, -0.25) is 4.79 Å². The fourth-order valence-corrected chi connectivity index (χ4v) is 0.501. The van der Waals surface area contributed by atoms with Crippen molar-refractivity contribution in [2.24, 2.45) is 5.41 Å². The van der Waals surface area contributed by atoms with E-state index in [9.17, 15) is 9.90 Å². The van der Waals surface area contributed by atoms with Gasteiger partial charge in [-0.05, 0) is 12.5 Å². The summed E-state index contributed by atoms with van der Waals surface area (Å²) in [6.07, 6.45) is 4.51. The minimum atomic E-state index is -0.745. The summed E-state index contributed by atoms with van der Waals surface area (Å²) in [7, 11) is 0. The Bertz CT molecular complexity index is 222. The number of aliphatic hydroxyl groups is 1. The average molecular weight is 214 g/mol. The number of carboxylic acid groups (broad SMARTS) is 1. The van der Waals surface area contributed by atoms with E-state index in [2.05, 4.69) is 6.58 Å². The molecule has 0 spiro atoms. The maximum atomic E-state index is 9.37. The van der Waals surface area contributed by atoms with E-state index in [0.29, 0.717) is 5.76 Å². The number of hydrogen-bond donors (Lipinski definition) is 2. The Morgan fingerprint density at radius 3 is 1.93 bits per heavy atom. The highest BCUT2D eigenvalue weighted by molar-refractivity contribution is 5.66. The molecule has 3 heteroatoms. The van der Waals surface area contributed by atoms with Crippen LogP contribution in [-0.4, -0.2) is 16.2 Å². The van der Waals surface area contributed by atoms with Crippen molar-refractivity contribution < 1.29 is 15.0 Å². The molecule has 0 aromatic carbocycles. The summed E-state index contributed by atoms with van der Waals surface area (Å²) in [6, 6.07) is 0. The first-order valence-corrected chi connectivity index (χ1v) is 4.98. The summed E-state index contributed by atoms with van der Waals surface area (Å²) in [5, 5.41) is 17.1. The SMILES string of the molecule is C=CCC=C(O)C(C)(C)C.CCC(=O)O. The highest BCUT2D eigenvalue weighted by Crippen LogP contribution is 2.22. The van der Waals surface area contributed by atoms with Crippen molar-refractivity contribution in [3.8, 4) is 0 Å². The summed E-state index contributed by atoms with van der Waals surface area (Å²) in [5.41, 5.74) is -0.122. The largest absolute Gasteiger partial charge is 0.512 e. The zero-order valence-corrected chi connectivity index (χ0v) is 10.1. The summed E-state index contributed by atoms with van der Waals surface area (Å²) in [6.45, 7) is 11.1. The molecule has 3 nitrogen and oxygen atoms in total. The van der Waals surface area contributed by atoms with Crippen LogP contribution in [0.5, 0.6) is 0 Å². The fourth-order valence-electron chi connectivity index (χ4n) is 0.501. The van der Waals surface area contributed by atoms with Crippen molar-refractivity contribution >= 4 is 5.97 Å². The van der Waals surface area contributed by atoms with E-state index in [4.69, 9.17) is 5.11 Å². The van der Waals surface area contributed by atoms with Crippen LogP contribution in [0.2, 0.25) is 0 Å². The molecule has 2 N–H and O–H groups in total. The standard InChI is InChI=1S/C9H16O.C3H6O2/c1-5-6-7-8(10)9(2,3)4;1-2-3(4)5/h5,7,10H,1,6H2,2-4H3;2H2,1H3,(H,4,5). The Hall–Kier alpha value is -1.25. The fraction of sp³-hybridized carbons (Fsp3) is 0.583. The smallest absolute Gasteiger partial charge is 0.303 e. The molecule has 0 aromatic rings. The van der Waals surface area contributed by atoms with Crippen LogP contribution in [0, 0.1) is 5.41 Å². The normalized spacial score (nSPS) is 11.3. The number of hydrogen-bond acceptors (Lipinski definition) is 2. The molecular formula is C12H22O3. The third-order valence-electron chi connectivity index (χ3n) is 1.55. The molecule has 0 aromatic heterocycles. The van der Waals surface area contributed by atoms with E-state index in [1.165, 1.54) is 0 Å². The zero-order chi connectivity index (χ0) is 12.5. The van der Waals surface area contributed by atoms with Crippen LogP contribution in [0.25, 0.3) is 0 Å². The second-order valence-corrected chi connectivity index (χ2v) is 4.11. The molecule has 0 unspecified atom stereocenters. The molecule has 0 aliphatic rings. The second-order valence-electron chi connectivity index (χ2n) is 4.11.